The molecule has 8 nitrogen and oxygen atoms in total. The quantitative estimate of drug-likeness (QED) is 0.556. The molecule has 178 valence electrons. The van der Waals surface area contributed by atoms with E-state index >= 15 is 0 Å². The third-order valence-electron chi connectivity index (χ3n) is 5.89. The van der Waals surface area contributed by atoms with Gasteiger partial charge in [0.15, 0.2) is 0 Å². The van der Waals surface area contributed by atoms with E-state index < -0.39 is 6.04 Å². The molecule has 2 aromatic heterocycles. The predicted molar refractivity (Wildman–Crippen MR) is 123 cm³/mol. The fraction of sp³-hybridized carbons (Fsp3) is 0.360. The topological polar surface area (TPSA) is 98.1 Å². The molecule has 0 saturated carbocycles. The first kappa shape index (κ1) is 23.6. The number of rotatable bonds is 7. The third-order valence-corrected chi connectivity index (χ3v) is 5.89. The molecule has 1 aliphatic heterocycles. The van der Waals surface area contributed by atoms with E-state index in [0.717, 1.165) is 5.56 Å². The molecule has 34 heavy (non-hydrogen) atoms. The summed E-state index contributed by atoms with van der Waals surface area (Å²) in [5.41, 5.74) is 2.24. The van der Waals surface area contributed by atoms with Crippen LogP contribution in [0.1, 0.15) is 70.8 Å². The van der Waals surface area contributed by atoms with Gasteiger partial charge < -0.3 is 19.9 Å². The Morgan fingerprint density at radius 2 is 1.76 bits per heavy atom. The number of nitrogens with one attached hydrogen (secondary N) is 2. The number of amides is 2. The minimum Gasteiger partial charge on any atom is -0.373 e. The number of fused-ring (bicyclic) bond motifs is 1. The van der Waals surface area contributed by atoms with Gasteiger partial charge in [0.05, 0.1) is 36.6 Å². The molecule has 4 rings (SSSR count). The van der Waals surface area contributed by atoms with E-state index in [1.165, 1.54) is 12.1 Å². The Labute approximate surface area is 197 Å². The monoisotopic (exact) mass is 465 g/mol. The average Bonchev–Trinajstić information content (AvgIpc) is 3.23. The first-order chi connectivity index (χ1) is 16.3. The average molecular weight is 466 g/mol. The van der Waals surface area contributed by atoms with Crippen molar-refractivity contribution in [2.45, 2.75) is 46.0 Å². The highest BCUT2D eigenvalue weighted by atomic mass is 19.1. The van der Waals surface area contributed by atoms with Crippen molar-refractivity contribution in [3.05, 3.63) is 82.9 Å². The van der Waals surface area contributed by atoms with Gasteiger partial charge >= 0.3 is 0 Å². The Kier molecular flexibility index (Phi) is 7.02. The van der Waals surface area contributed by atoms with E-state index in [9.17, 15) is 14.0 Å². The van der Waals surface area contributed by atoms with Crippen molar-refractivity contribution < 1.29 is 18.7 Å². The SMILES string of the molecule is CC(C)C(NC(=O)c1cc(C(=O)N[C@H](C)c2ncccn2)c2n1CCOC2)c1ccc(F)cc1. The number of benzene rings is 1. The van der Waals surface area contributed by atoms with Gasteiger partial charge in [0, 0.05) is 18.9 Å². The predicted octanol–water partition coefficient (Wildman–Crippen LogP) is 3.57. The second-order valence-electron chi connectivity index (χ2n) is 8.64. The van der Waals surface area contributed by atoms with Crippen LogP contribution in [-0.4, -0.2) is 33.0 Å². The molecule has 3 aromatic rings. The zero-order valence-corrected chi connectivity index (χ0v) is 19.4. The van der Waals surface area contributed by atoms with Crippen molar-refractivity contribution in [2.24, 2.45) is 5.92 Å². The summed E-state index contributed by atoms with van der Waals surface area (Å²) in [5, 5.41) is 5.97. The van der Waals surface area contributed by atoms with Gasteiger partial charge in [-0.05, 0) is 42.7 Å². The molecule has 1 aliphatic rings. The van der Waals surface area contributed by atoms with Gasteiger partial charge in [0.1, 0.15) is 17.3 Å². The van der Waals surface area contributed by atoms with Gasteiger partial charge in [-0.3, -0.25) is 9.59 Å². The van der Waals surface area contributed by atoms with Crippen molar-refractivity contribution in [3.63, 3.8) is 0 Å². The molecule has 1 unspecified atom stereocenters. The molecular formula is C25H28FN5O3. The van der Waals surface area contributed by atoms with Crippen LogP contribution in [0.3, 0.4) is 0 Å². The van der Waals surface area contributed by atoms with E-state index in [1.807, 2.05) is 18.4 Å². The number of hydrogen-bond acceptors (Lipinski definition) is 5. The number of hydrogen-bond donors (Lipinski definition) is 2. The first-order valence-corrected chi connectivity index (χ1v) is 11.3. The standard InChI is InChI=1S/C25H28FN5O3/c1-15(2)22(17-5-7-18(26)8-6-17)30-25(33)20-13-19(21-14-34-12-11-31(20)21)24(32)29-16(3)23-27-9-4-10-28-23/h4-10,13,15-16,22H,11-12,14H2,1-3H3,(H,29,32)(H,30,33)/t16-,22?/m1/s1. The lowest BCUT2D eigenvalue weighted by Crippen LogP contribution is -2.34. The molecular weight excluding hydrogens is 437 g/mol. The van der Waals surface area contributed by atoms with E-state index in [0.29, 0.717) is 35.9 Å². The smallest absolute Gasteiger partial charge is 0.268 e. The van der Waals surface area contributed by atoms with E-state index in [2.05, 4.69) is 20.6 Å². The van der Waals surface area contributed by atoms with Crippen LogP contribution < -0.4 is 10.6 Å². The Balaban J connectivity index is 1.59. The largest absolute Gasteiger partial charge is 0.373 e. The van der Waals surface area contributed by atoms with E-state index in [1.54, 1.807) is 43.6 Å². The lowest BCUT2D eigenvalue weighted by molar-refractivity contribution is 0.0771. The summed E-state index contributed by atoms with van der Waals surface area (Å²) < 4.78 is 20.8. The molecule has 2 atom stereocenters. The van der Waals surface area contributed by atoms with Crippen molar-refractivity contribution in [3.8, 4) is 0 Å². The highest BCUT2D eigenvalue weighted by Crippen LogP contribution is 2.25. The van der Waals surface area contributed by atoms with Gasteiger partial charge in [-0.1, -0.05) is 26.0 Å². The molecule has 3 heterocycles. The second-order valence-corrected chi connectivity index (χ2v) is 8.64. The summed E-state index contributed by atoms with van der Waals surface area (Å²) in [6, 6.07) is 8.71. The lowest BCUT2D eigenvalue weighted by atomic mass is 9.96. The molecule has 0 spiro atoms. The third kappa shape index (κ3) is 4.99. The summed E-state index contributed by atoms with van der Waals surface area (Å²) in [4.78, 5) is 34.8. The minimum absolute atomic E-state index is 0.0722. The zero-order chi connectivity index (χ0) is 24.2. The Morgan fingerprint density at radius 3 is 2.44 bits per heavy atom. The molecule has 0 radical (unpaired) electrons. The van der Waals surface area contributed by atoms with Crippen LogP contribution in [0.4, 0.5) is 4.39 Å². The van der Waals surface area contributed by atoms with Crippen molar-refractivity contribution >= 4 is 11.8 Å². The summed E-state index contributed by atoms with van der Waals surface area (Å²) in [6.45, 7) is 6.92. The normalized spacial score (nSPS) is 14.9. The zero-order valence-electron chi connectivity index (χ0n) is 19.4. The lowest BCUT2D eigenvalue weighted by Gasteiger charge is -2.24. The highest BCUT2D eigenvalue weighted by Gasteiger charge is 2.28. The molecule has 0 bridgehead atoms. The molecule has 1 aromatic carbocycles. The second kappa shape index (κ2) is 10.1. The van der Waals surface area contributed by atoms with Gasteiger partial charge in [-0.25, -0.2) is 14.4 Å². The molecule has 0 fully saturated rings. The first-order valence-electron chi connectivity index (χ1n) is 11.3. The number of ether oxygens (including phenoxy) is 1. The van der Waals surface area contributed by atoms with Crippen LogP contribution >= 0.6 is 0 Å². The number of halogens is 1. The molecule has 9 heteroatoms. The molecule has 2 N–H and O–H groups in total. The van der Waals surface area contributed by atoms with Crippen molar-refractivity contribution in [1.29, 1.82) is 0 Å². The maximum absolute atomic E-state index is 13.4. The van der Waals surface area contributed by atoms with E-state index in [4.69, 9.17) is 4.74 Å². The van der Waals surface area contributed by atoms with Crippen molar-refractivity contribution in [2.75, 3.05) is 6.61 Å². The van der Waals surface area contributed by atoms with Crippen LogP contribution in [0.25, 0.3) is 0 Å². The highest BCUT2D eigenvalue weighted by molar-refractivity contribution is 6.01. The van der Waals surface area contributed by atoms with Crippen LogP contribution in [-0.2, 0) is 17.9 Å². The molecule has 0 saturated heterocycles. The van der Waals surface area contributed by atoms with Gasteiger partial charge in [0.25, 0.3) is 11.8 Å². The van der Waals surface area contributed by atoms with Crippen molar-refractivity contribution in [1.82, 2.24) is 25.2 Å². The minimum atomic E-state index is -0.408. The van der Waals surface area contributed by atoms with Gasteiger partial charge in [0.2, 0.25) is 0 Å². The Hall–Kier alpha value is -3.59. The summed E-state index contributed by atoms with van der Waals surface area (Å²) in [6.07, 6.45) is 3.24. The summed E-state index contributed by atoms with van der Waals surface area (Å²) >= 11 is 0. The number of carbonyl (C=O) groups is 2. The number of nitrogens with zero attached hydrogens (tertiary/aromatic N) is 3. The fourth-order valence-electron chi connectivity index (χ4n) is 4.10. The maximum atomic E-state index is 13.4. The van der Waals surface area contributed by atoms with Crippen LogP contribution in [0.15, 0.2) is 48.8 Å². The summed E-state index contributed by atoms with van der Waals surface area (Å²) in [5.74, 6) is -0.388. The Morgan fingerprint density at radius 1 is 1.06 bits per heavy atom. The molecule has 2 amide bonds. The number of aromatic nitrogens is 3. The van der Waals surface area contributed by atoms with Crippen LogP contribution in [0.2, 0.25) is 0 Å². The number of carbonyl (C=O) groups excluding carboxylic acids is 2. The van der Waals surface area contributed by atoms with Crippen LogP contribution in [0.5, 0.6) is 0 Å². The molecule has 0 aliphatic carbocycles. The van der Waals surface area contributed by atoms with Gasteiger partial charge in [-0.2, -0.15) is 0 Å². The maximum Gasteiger partial charge on any atom is 0.268 e. The van der Waals surface area contributed by atoms with Gasteiger partial charge in [-0.15, -0.1) is 0 Å². The Bertz CT molecular complexity index is 1160. The fourth-order valence-corrected chi connectivity index (χ4v) is 4.10. The van der Waals surface area contributed by atoms with Crippen LogP contribution in [0, 0.1) is 11.7 Å². The summed E-state index contributed by atoms with van der Waals surface area (Å²) in [7, 11) is 0. The van der Waals surface area contributed by atoms with E-state index in [-0.39, 0.29) is 36.2 Å².